The fourth-order valence-electron chi connectivity index (χ4n) is 11.4. The molecule has 1 heterocycles. The molecule has 5 aliphatic carbocycles. The van der Waals surface area contributed by atoms with Gasteiger partial charge in [-0.05, 0) is 91.9 Å². The molecule has 0 bridgehead atoms. The number of fused-ring (bicyclic) bond motifs is 7. The summed E-state index contributed by atoms with van der Waals surface area (Å²) in [5, 5.41) is 28.6. The highest BCUT2D eigenvalue weighted by Crippen LogP contribution is 2.74. The van der Waals surface area contributed by atoms with Crippen LogP contribution < -0.4 is 0 Å². The Bertz CT molecular complexity index is 1810. The number of nitriles is 3. The monoisotopic (exact) mass is 663 g/mol. The van der Waals surface area contributed by atoms with Crippen molar-refractivity contribution in [3.05, 3.63) is 41.0 Å². The molecule has 9 nitrogen and oxygen atoms in total. The lowest BCUT2D eigenvalue weighted by Gasteiger charge is -2.68. The molecule has 1 aromatic rings. The summed E-state index contributed by atoms with van der Waals surface area (Å²) in [6, 6.07) is 6.16. The number of unbranched alkanes of at least 4 members (excludes halogenated alkanes) is 1. The molecule has 0 aromatic carbocycles. The van der Waals surface area contributed by atoms with Gasteiger partial charge >= 0.3 is 5.97 Å². The highest BCUT2D eigenvalue weighted by molar-refractivity contribution is 6.04. The first kappa shape index (κ1) is 34.8. The van der Waals surface area contributed by atoms with Crippen LogP contribution in [0.5, 0.6) is 0 Å². The molecule has 0 saturated heterocycles. The maximum atomic E-state index is 14.7. The van der Waals surface area contributed by atoms with Gasteiger partial charge in [0.1, 0.15) is 18.2 Å². The van der Waals surface area contributed by atoms with Crippen molar-refractivity contribution in [1.29, 1.82) is 15.8 Å². The fourth-order valence-corrected chi connectivity index (χ4v) is 11.4. The van der Waals surface area contributed by atoms with E-state index < -0.39 is 21.7 Å². The SMILES string of the molecule is CC1(C)CC[C@]2(C(=O)OCCCCn3cnc(C#N)c3C#N)CC[C@]3(C)[C@H](C(=O)C=C4[C@@]5(C)C=C(C#N)C(=O)C(C)(C)[C@@H]5CC[C@]43C)[C@@H]2C1. The second kappa shape index (κ2) is 11.5. The molecule has 6 rings (SSSR count). The highest BCUT2D eigenvalue weighted by atomic mass is 16.5. The zero-order valence-electron chi connectivity index (χ0n) is 30.1. The Morgan fingerprint density at radius 3 is 2.35 bits per heavy atom. The molecular formula is C40H49N5O4. The van der Waals surface area contributed by atoms with Gasteiger partial charge in [-0.2, -0.15) is 15.8 Å². The van der Waals surface area contributed by atoms with Crippen LogP contribution in [0, 0.1) is 84.2 Å². The molecule has 0 spiro atoms. The van der Waals surface area contributed by atoms with E-state index in [1.807, 2.05) is 38.1 Å². The Morgan fingerprint density at radius 1 is 0.959 bits per heavy atom. The summed E-state index contributed by atoms with van der Waals surface area (Å²) in [7, 11) is 0. The number of allylic oxidation sites excluding steroid dienone is 4. The summed E-state index contributed by atoms with van der Waals surface area (Å²) in [5.74, 6) is -0.738. The molecule has 3 fully saturated rings. The van der Waals surface area contributed by atoms with E-state index in [1.165, 1.54) is 6.33 Å². The molecule has 0 radical (unpaired) electrons. The zero-order valence-corrected chi connectivity index (χ0v) is 30.1. The summed E-state index contributed by atoms with van der Waals surface area (Å²) in [4.78, 5) is 46.4. The Kier molecular flexibility index (Phi) is 8.18. The lowest BCUT2D eigenvalue weighted by Crippen LogP contribution is -2.66. The predicted octanol–water partition coefficient (Wildman–Crippen LogP) is 7.17. The zero-order chi connectivity index (χ0) is 35.8. The molecule has 9 heteroatoms. The van der Waals surface area contributed by atoms with Crippen molar-refractivity contribution in [2.45, 2.75) is 113 Å². The molecule has 0 aliphatic heterocycles. The van der Waals surface area contributed by atoms with Gasteiger partial charge in [0.05, 0.1) is 23.9 Å². The lowest BCUT2D eigenvalue weighted by atomic mass is 9.34. The third-order valence-electron chi connectivity index (χ3n) is 14.3. The average Bonchev–Trinajstić information content (AvgIpc) is 3.45. The normalized spacial score (nSPS) is 37.0. The number of ether oxygens (including phenoxy) is 1. The first-order valence-electron chi connectivity index (χ1n) is 17.9. The van der Waals surface area contributed by atoms with Crippen LogP contribution in [0.3, 0.4) is 0 Å². The second-order valence-electron chi connectivity index (χ2n) is 17.6. The number of hydrogen-bond donors (Lipinski definition) is 0. The van der Waals surface area contributed by atoms with E-state index in [0.29, 0.717) is 32.2 Å². The molecule has 1 aromatic heterocycles. The molecule has 0 amide bonds. The molecule has 5 aliphatic rings. The topological polar surface area (TPSA) is 150 Å². The molecule has 49 heavy (non-hydrogen) atoms. The number of aryl methyl sites for hydroxylation is 1. The van der Waals surface area contributed by atoms with Crippen molar-refractivity contribution in [2.75, 3.05) is 6.61 Å². The van der Waals surface area contributed by atoms with E-state index in [4.69, 9.17) is 4.74 Å². The number of carbonyl (C=O) groups is 3. The van der Waals surface area contributed by atoms with Crippen LogP contribution >= 0.6 is 0 Å². The molecule has 258 valence electrons. The fraction of sp³-hybridized carbons (Fsp3) is 0.675. The number of esters is 1. The highest BCUT2D eigenvalue weighted by Gasteiger charge is 2.71. The smallest absolute Gasteiger partial charge is 0.312 e. The Balaban J connectivity index is 1.29. The van der Waals surface area contributed by atoms with Gasteiger partial charge in [-0.25, -0.2) is 4.98 Å². The van der Waals surface area contributed by atoms with Crippen LogP contribution in [0.15, 0.2) is 29.6 Å². The number of nitrogens with zero attached hydrogens (tertiary/aromatic N) is 5. The largest absolute Gasteiger partial charge is 0.465 e. The van der Waals surface area contributed by atoms with E-state index in [-0.39, 0.29) is 69.7 Å². The number of carbonyl (C=O) groups excluding carboxylic acids is 3. The van der Waals surface area contributed by atoms with Gasteiger partial charge < -0.3 is 9.30 Å². The molecular weight excluding hydrogens is 614 g/mol. The summed E-state index contributed by atoms with van der Waals surface area (Å²) in [6.07, 6.45) is 11.9. The van der Waals surface area contributed by atoms with Crippen molar-refractivity contribution in [3.8, 4) is 18.2 Å². The second-order valence-corrected chi connectivity index (χ2v) is 17.6. The number of rotatable bonds is 6. The van der Waals surface area contributed by atoms with Crippen LogP contribution in [0.2, 0.25) is 0 Å². The van der Waals surface area contributed by atoms with Gasteiger partial charge in [0.25, 0.3) is 0 Å². The van der Waals surface area contributed by atoms with Gasteiger partial charge in [-0.3, -0.25) is 14.4 Å². The number of imidazole rings is 1. The molecule has 3 saturated carbocycles. The summed E-state index contributed by atoms with van der Waals surface area (Å²) >= 11 is 0. The summed E-state index contributed by atoms with van der Waals surface area (Å²) < 4.78 is 7.74. The quantitative estimate of drug-likeness (QED) is 0.230. The number of aromatic nitrogens is 2. The van der Waals surface area contributed by atoms with Crippen molar-refractivity contribution in [2.24, 2.45) is 50.2 Å². The first-order chi connectivity index (χ1) is 23.0. The third-order valence-corrected chi connectivity index (χ3v) is 14.3. The number of Topliss-reactive ketones (excluding diaryl/α,β-unsaturated/α-hetero) is 1. The van der Waals surface area contributed by atoms with Crippen molar-refractivity contribution < 1.29 is 19.1 Å². The predicted molar refractivity (Wildman–Crippen MR) is 181 cm³/mol. The third kappa shape index (κ3) is 4.88. The van der Waals surface area contributed by atoms with Gasteiger partial charge in [-0.15, -0.1) is 0 Å². The van der Waals surface area contributed by atoms with Gasteiger partial charge in [0.15, 0.2) is 23.0 Å². The van der Waals surface area contributed by atoms with Crippen LogP contribution in [0.25, 0.3) is 0 Å². The van der Waals surface area contributed by atoms with Crippen LogP contribution in [-0.4, -0.2) is 33.7 Å². The Labute approximate surface area is 290 Å². The van der Waals surface area contributed by atoms with E-state index in [0.717, 1.165) is 37.7 Å². The van der Waals surface area contributed by atoms with Crippen molar-refractivity contribution >= 4 is 17.5 Å². The van der Waals surface area contributed by atoms with E-state index >= 15 is 0 Å². The molecule has 0 N–H and O–H groups in total. The van der Waals surface area contributed by atoms with Gasteiger partial charge in [-0.1, -0.05) is 60.1 Å². The van der Waals surface area contributed by atoms with Crippen LogP contribution in [0.4, 0.5) is 0 Å². The van der Waals surface area contributed by atoms with Crippen LogP contribution in [-0.2, 0) is 25.7 Å². The maximum Gasteiger partial charge on any atom is 0.312 e. The number of hydrogen-bond acceptors (Lipinski definition) is 8. The van der Waals surface area contributed by atoms with Gasteiger partial charge in [0.2, 0.25) is 0 Å². The Hall–Kier alpha value is -4.03. The lowest BCUT2D eigenvalue weighted by molar-refractivity contribution is -0.193. The molecule has 7 atom stereocenters. The first-order valence-corrected chi connectivity index (χ1v) is 17.9. The summed E-state index contributed by atoms with van der Waals surface area (Å²) in [5.41, 5.74) is -1.22. The van der Waals surface area contributed by atoms with Gasteiger partial charge in [0, 0.05) is 23.3 Å². The van der Waals surface area contributed by atoms with Crippen LogP contribution in [0.1, 0.15) is 118 Å². The minimum absolute atomic E-state index is 0.0168. The standard InChI is InChI=1S/C40H49N5O4/c1-35(2)12-14-40(34(48)49-17-9-8-16-45-24-44-27(22-42)28(45)23-43)15-13-39(7)32(26(40)20-35)29(46)18-31-37(5)19-25(21-41)33(47)36(3,4)30(37)10-11-38(31,39)6/h18-19,24,26,30,32H,8-17,20H2,1-7H3/t26-,30-,32-,37-,38+,39+,40-/m0/s1. The summed E-state index contributed by atoms with van der Waals surface area (Å²) in [6.45, 7) is 15.9. The van der Waals surface area contributed by atoms with Crippen molar-refractivity contribution in [1.82, 2.24) is 9.55 Å². The van der Waals surface area contributed by atoms with E-state index in [9.17, 15) is 30.2 Å². The maximum absolute atomic E-state index is 14.7. The molecule has 0 unspecified atom stereocenters. The minimum Gasteiger partial charge on any atom is -0.465 e. The number of ketones is 2. The van der Waals surface area contributed by atoms with Crippen molar-refractivity contribution in [3.63, 3.8) is 0 Å². The minimum atomic E-state index is -0.731. The van der Waals surface area contributed by atoms with E-state index in [1.54, 1.807) is 4.57 Å². The Morgan fingerprint density at radius 2 is 1.67 bits per heavy atom. The van der Waals surface area contributed by atoms with E-state index in [2.05, 4.69) is 45.7 Å². The average molecular weight is 664 g/mol.